The molecule has 32 heavy (non-hydrogen) atoms. The molecule has 1 aliphatic rings. The van der Waals surface area contributed by atoms with Crippen LogP contribution in [-0.2, 0) is 4.79 Å². The molecule has 2 atom stereocenters. The second-order valence-corrected chi connectivity index (χ2v) is 8.63. The predicted molar refractivity (Wildman–Crippen MR) is 130 cm³/mol. The average molecular weight is 422 g/mol. The fourth-order valence-corrected chi connectivity index (χ4v) is 5.01. The molecule has 0 aromatic heterocycles. The molecule has 0 bridgehead atoms. The largest absolute Gasteiger partial charge is 0.481 e. The first-order valence-corrected chi connectivity index (χ1v) is 11.3. The zero-order chi connectivity index (χ0) is 21.9. The Labute approximate surface area is 188 Å². The molecule has 0 aliphatic carbocycles. The van der Waals surface area contributed by atoms with Gasteiger partial charge in [0.2, 0.25) is 0 Å². The third-order valence-electron chi connectivity index (χ3n) is 6.62. The van der Waals surface area contributed by atoms with Crippen molar-refractivity contribution in [2.45, 2.75) is 18.9 Å². The summed E-state index contributed by atoms with van der Waals surface area (Å²) in [6.07, 6.45) is 1.65. The van der Waals surface area contributed by atoms with Gasteiger partial charge < -0.3 is 5.11 Å². The molecule has 4 aromatic carbocycles. The van der Waals surface area contributed by atoms with Crippen molar-refractivity contribution < 1.29 is 9.90 Å². The van der Waals surface area contributed by atoms with Crippen LogP contribution in [-0.4, -0.2) is 29.1 Å². The topological polar surface area (TPSA) is 40.5 Å². The second kappa shape index (κ2) is 8.97. The van der Waals surface area contributed by atoms with E-state index in [-0.39, 0.29) is 12.0 Å². The summed E-state index contributed by atoms with van der Waals surface area (Å²) in [6, 6.07) is 34.1. The summed E-state index contributed by atoms with van der Waals surface area (Å²) in [5.74, 6) is -1.00. The van der Waals surface area contributed by atoms with Gasteiger partial charge in [-0.1, -0.05) is 97.1 Å². The molecule has 0 amide bonds. The van der Waals surface area contributed by atoms with Crippen molar-refractivity contribution in [3.63, 3.8) is 0 Å². The van der Waals surface area contributed by atoms with E-state index in [9.17, 15) is 9.90 Å². The number of carboxylic acids is 1. The summed E-state index contributed by atoms with van der Waals surface area (Å²) in [7, 11) is 0. The predicted octanol–water partition coefficient (Wildman–Crippen LogP) is 6.39. The third-order valence-corrected chi connectivity index (χ3v) is 6.62. The molecule has 3 nitrogen and oxygen atoms in total. The highest BCUT2D eigenvalue weighted by molar-refractivity contribution is 5.86. The molecule has 2 unspecified atom stereocenters. The van der Waals surface area contributed by atoms with Gasteiger partial charge in [-0.05, 0) is 52.4 Å². The van der Waals surface area contributed by atoms with E-state index in [0.717, 1.165) is 19.4 Å². The molecule has 1 heterocycles. The Bertz CT molecular complexity index is 1210. The van der Waals surface area contributed by atoms with Crippen LogP contribution in [0, 0.1) is 5.92 Å². The molecule has 0 saturated carbocycles. The number of likely N-dealkylation sites (tertiary alicyclic amines) is 1. The summed E-state index contributed by atoms with van der Waals surface area (Å²) in [4.78, 5) is 14.1. The van der Waals surface area contributed by atoms with Gasteiger partial charge in [-0.15, -0.1) is 0 Å². The van der Waals surface area contributed by atoms with Crippen LogP contribution < -0.4 is 0 Å². The molecular formula is C29H27NO2. The minimum atomic E-state index is -0.689. The minimum absolute atomic E-state index is 0.0214. The van der Waals surface area contributed by atoms with Crippen LogP contribution in [0.5, 0.6) is 0 Å². The Morgan fingerprint density at radius 2 is 1.50 bits per heavy atom. The first-order valence-electron chi connectivity index (χ1n) is 11.3. The number of rotatable bonds is 5. The van der Waals surface area contributed by atoms with Crippen molar-refractivity contribution in [1.29, 1.82) is 0 Å². The Hall–Kier alpha value is -3.43. The summed E-state index contributed by atoms with van der Waals surface area (Å²) >= 11 is 0. The fraction of sp³-hybridized carbons (Fsp3) is 0.207. The van der Waals surface area contributed by atoms with E-state index in [0.29, 0.717) is 6.54 Å². The van der Waals surface area contributed by atoms with Gasteiger partial charge in [0.1, 0.15) is 0 Å². The highest BCUT2D eigenvalue weighted by Gasteiger charge is 2.32. The molecule has 160 valence electrons. The number of aliphatic carboxylic acids is 1. The maximum absolute atomic E-state index is 11.8. The number of carbonyl (C=O) groups is 1. The maximum atomic E-state index is 11.8. The number of piperidine rings is 1. The van der Waals surface area contributed by atoms with Crippen LogP contribution >= 0.6 is 0 Å². The van der Waals surface area contributed by atoms with Gasteiger partial charge in [-0.3, -0.25) is 9.69 Å². The average Bonchev–Trinajstić information content (AvgIpc) is 2.85. The van der Waals surface area contributed by atoms with Crippen molar-refractivity contribution in [2.24, 2.45) is 5.92 Å². The van der Waals surface area contributed by atoms with Crippen LogP contribution in [0.4, 0.5) is 0 Å². The van der Waals surface area contributed by atoms with Gasteiger partial charge in [0.25, 0.3) is 0 Å². The zero-order valence-electron chi connectivity index (χ0n) is 18.0. The number of carboxylic acid groups (broad SMARTS) is 1. The van der Waals surface area contributed by atoms with Gasteiger partial charge in [0.15, 0.2) is 0 Å². The van der Waals surface area contributed by atoms with Gasteiger partial charge in [0, 0.05) is 6.54 Å². The molecule has 5 rings (SSSR count). The zero-order valence-corrected chi connectivity index (χ0v) is 18.0. The molecule has 1 fully saturated rings. The number of hydrogen-bond acceptors (Lipinski definition) is 2. The van der Waals surface area contributed by atoms with Crippen molar-refractivity contribution in [2.75, 3.05) is 13.1 Å². The number of fused-ring (bicyclic) bond motifs is 1. The van der Waals surface area contributed by atoms with E-state index >= 15 is 0 Å². The van der Waals surface area contributed by atoms with Crippen molar-refractivity contribution in [3.8, 4) is 11.1 Å². The van der Waals surface area contributed by atoms with Crippen molar-refractivity contribution >= 4 is 16.7 Å². The third kappa shape index (κ3) is 4.04. The molecule has 1 aliphatic heterocycles. The van der Waals surface area contributed by atoms with E-state index in [2.05, 4.69) is 95.9 Å². The van der Waals surface area contributed by atoms with Gasteiger partial charge >= 0.3 is 5.97 Å². The minimum Gasteiger partial charge on any atom is -0.481 e. The number of hydrogen-bond donors (Lipinski definition) is 1. The smallest absolute Gasteiger partial charge is 0.307 e. The van der Waals surface area contributed by atoms with Crippen LogP contribution in [0.25, 0.3) is 21.9 Å². The van der Waals surface area contributed by atoms with E-state index < -0.39 is 5.97 Å². The SMILES string of the molecule is O=C(O)C1CCCN(C(c2ccc(-c3ccccc3)cc2)c2cccc3ccccc23)C1. The molecule has 0 spiro atoms. The molecule has 4 aromatic rings. The highest BCUT2D eigenvalue weighted by Crippen LogP contribution is 2.37. The van der Waals surface area contributed by atoms with Crippen LogP contribution in [0.3, 0.4) is 0 Å². The lowest BCUT2D eigenvalue weighted by Crippen LogP contribution is -2.41. The van der Waals surface area contributed by atoms with Crippen LogP contribution in [0.2, 0.25) is 0 Å². The fourth-order valence-electron chi connectivity index (χ4n) is 5.01. The Morgan fingerprint density at radius 1 is 0.812 bits per heavy atom. The lowest BCUT2D eigenvalue weighted by Gasteiger charge is -2.38. The van der Waals surface area contributed by atoms with E-state index in [1.54, 1.807) is 0 Å². The van der Waals surface area contributed by atoms with E-state index in [4.69, 9.17) is 0 Å². The Balaban J connectivity index is 1.59. The highest BCUT2D eigenvalue weighted by atomic mass is 16.4. The summed E-state index contributed by atoms with van der Waals surface area (Å²) in [5.41, 5.74) is 4.83. The number of nitrogens with zero attached hydrogens (tertiary/aromatic N) is 1. The van der Waals surface area contributed by atoms with Gasteiger partial charge in [-0.25, -0.2) is 0 Å². The van der Waals surface area contributed by atoms with Crippen molar-refractivity contribution in [1.82, 2.24) is 4.90 Å². The lowest BCUT2D eigenvalue weighted by molar-refractivity contribution is -0.143. The normalized spacial score (nSPS) is 17.8. The molecule has 0 radical (unpaired) electrons. The van der Waals surface area contributed by atoms with Crippen molar-refractivity contribution in [3.05, 3.63) is 108 Å². The van der Waals surface area contributed by atoms with Crippen LogP contribution in [0.15, 0.2) is 97.1 Å². The quantitative estimate of drug-likeness (QED) is 0.406. The second-order valence-electron chi connectivity index (χ2n) is 8.63. The first-order chi connectivity index (χ1) is 15.7. The lowest BCUT2D eigenvalue weighted by atomic mass is 9.88. The van der Waals surface area contributed by atoms with Gasteiger partial charge in [-0.2, -0.15) is 0 Å². The standard InChI is InChI=1S/C29H27NO2/c31-29(32)25-12-7-19-30(20-25)28(27-14-6-11-23-10-4-5-13-26(23)27)24-17-15-22(16-18-24)21-8-2-1-3-9-21/h1-6,8-11,13-18,25,28H,7,12,19-20H2,(H,31,32). The molecule has 1 saturated heterocycles. The Kier molecular flexibility index (Phi) is 5.74. The summed E-state index contributed by atoms with van der Waals surface area (Å²) in [6.45, 7) is 1.47. The maximum Gasteiger partial charge on any atom is 0.307 e. The number of benzene rings is 4. The molecule has 3 heteroatoms. The Morgan fingerprint density at radius 3 is 2.28 bits per heavy atom. The van der Waals surface area contributed by atoms with Crippen LogP contribution in [0.1, 0.15) is 30.0 Å². The van der Waals surface area contributed by atoms with Gasteiger partial charge in [0.05, 0.1) is 12.0 Å². The first kappa shape index (κ1) is 20.5. The monoisotopic (exact) mass is 421 g/mol. The summed E-state index contributed by atoms with van der Waals surface area (Å²) < 4.78 is 0. The molecule has 1 N–H and O–H groups in total. The van der Waals surface area contributed by atoms with E-state index in [1.807, 2.05) is 6.07 Å². The van der Waals surface area contributed by atoms with E-state index in [1.165, 1.54) is 33.0 Å². The summed E-state index contributed by atoms with van der Waals surface area (Å²) in [5, 5.41) is 12.1. The molecular weight excluding hydrogens is 394 g/mol.